The zero-order chi connectivity index (χ0) is 22.8. The van der Waals surface area contributed by atoms with Gasteiger partial charge in [-0.3, -0.25) is 19.7 Å². The number of carbonyl (C=O) groups is 3. The SMILES string of the molecule is NCCOCCOCCOCCNCc1ccc2c(c1)CN(C1CCC(=O)NC1=O)C2=O. The van der Waals surface area contributed by atoms with Crippen molar-refractivity contribution in [3.63, 3.8) is 0 Å². The highest BCUT2D eigenvalue weighted by molar-refractivity contribution is 6.05. The number of ether oxygens (including phenoxy) is 3. The number of hydrogen-bond acceptors (Lipinski definition) is 8. The molecule has 1 unspecified atom stereocenters. The Hall–Kier alpha value is -2.37. The van der Waals surface area contributed by atoms with Gasteiger partial charge in [-0.25, -0.2) is 0 Å². The van der Waals surface area contributed by atoms with E-state index in [1.807, 2.05) is 18.2 Å². The third kappa shape index (κ3) is 6.81. The molecule has 3 amide bonds. The molecular formula is C22H32N4O6. The summed E-state index contributed by atoms with van der Waals surface area (Å²) >= 11 is 0. The molecule has 0 spiro atoms. The first-order valence-electron chi connectivity index (χ1n) is 11.0. The van der Waals surface area contributed by atoms with Crippen LogP contribution in [0.25, 0.3) is 0 Å². The Bertz CT molecular complexity index is 803. The van der Waals surface area contributed by atoms with Crippen molar-refractivity contribution in [3.05, 3.63) is 34.9 Å². The molecule has 0 aromatic heterocycles. The smallest absolute Gasteiger partial charge is 0.255 e. The highest BCUT2D eigenvalue weighted by atomic mass is 16.5. The Labute approximate surface area is 187 Å². The van der Waals surface area contributed by atoms with E-state index in [9.17, 15) is 14.4 Å². The minimum absolute atomic E-state index is 0.157. The number of piperidine rings is 1. The molecule has 1 atom stereocenters. The number of amides is 3. The summed E-state index contributed by atoms with van der Waals surface area (Å²) in [6.07, 6.45) is 0.620. The number of fused-ring (bicyclic) bond motifs is 1. The zero-order valence-electron chi connectivity index (χ0n) is 18.3. The molecule has 2 aliphatic rings. The van der Waals surface area contributed by atoms with E-state index in [1.165, 1.54) is 0 Å². The lowest BCUT2D eigenvalue weighted by atomic mass is 10.0. The molecule has 0 radical (unpaired) electrons. The molecule has 1 aromatic rings. The minimum Gasteiger partial charge on any atom is -0.378 e. The molecule has 10 heteroatoms. The van der Waals surface area contributed by atoms with Crippen molar-refractivity contribution in [1.82, 2.24) is 15.5 Å². The van der Waals surface area contributed by atoms with Crippen molar-refractivity contribution in [3.8, 4) is 0 Å². The molecule has 1 saturated heterocycles. The Morgan fingerprint density at radius 2 is 1.75 bits per heavy atom. The second-order valence-corrected chi connectivity index (χ2v) is 7.69. The van der Waals surface area contributed by atoms with E-state index in [-0.39, 0.29) is 18.2 Å². The number of hydrogen-bond donors (Lipinski definition) is 3. The summed E-state index contributed by atoms with van der Waals surface area (Å²) in [5, 5.41) is 5.64. The van der Waals surface area contributed by atoms with Crippen LogP contribution in [0.3, 0.4) is 0 Å². The Morgan fingerprint density at radius 1 is 1.03 bits per heavy atom. The van der Waals surface area contributed by atoms with E-state index in [2.05, 4.69) is 10.6 Å². The van der Waals surface area contributed by atoms with Crippen molar-refractivity contribution in [2.45, 2.75) is 32.0 Å². The van der Waals surface area contributed by atoms with Crippen LogP contribution in [0.15, 0.2) is 18.2 Å². The van der Waals surface area contributed by atoms with Gasteiger partial charge in [-0.15, -0.1) is 0 Å². The lowest BCUT2D eigenvalue weighted by Gasteiger charge is -2.29. The van der Waals surface area contributed by atoms with Crippen molar-refractivity contribution in [2.75, 3.05) is 52.7 Å². The van der Waals surface area contributed by atoms with E-state index >= 15 is 0 Å². The minimum atomic E-state index is -0.589. The second kappa shape index (κ2) is 12.6. The van der Waals surface area contributed by atoms with Gasteiger partial charge < -0.3 is 30.2 Å². The molecule has 2 heterocycles. The van der Waals surface area contributed by atoms with Gasteiger partial charge in [0, 0.05) is 38.2 Å². The molecule has 0 aliphatic carbocycles. The number of imide groups is 1. The summed E-state index contributed by atoms with van der Waals surface area (Å²) in [5.74, 6) is -0.835. The topological polar surface area (TPSA) is 132 Å². The van der Waals surface area contributed by atoms with Crippen LogP contribution >= 0.6 is 0 Å². The molecule has 4 N–H and O–H groups in total. The average Bonchev–Trinajstić information content (AvgIpc) is 3.10. The van der Waals surface area contributed by atoms with Crippen LogP contribution in [0.4, 0.5) is 0 Å². The van der Waals surface area contributed by atoms with Crippen molar-refractivity contribution >= 4 is 17.7 Å². The van der Waals surface area contributed by atoms with Crippen LogP contribution in [-0.4, -0.2) is 81.4 Å². The number of carbonyl (C=O) groups excluding carboxylic acids is 3. The Kier molecular flexibility index (Phi) is 9.57. The molecule has 1 fully saturated rings. The summed E-state index contributed by atoms with van der Waals surface area (Å²) in [6, 6.07) is 5.13. The van der Waals surface area contributed by atoms with E-state index in [0.29, 0.717) is 77.8 Å². The molecule has 10 nitrogen and oxygen atoms in total. The monoisotopic (exact) mass is 448 g/mol. The summed E-state index contributed by atoms with van der Waals surface area (Å²) in [5.41, 5.74) is 7.91. The summed E-state index contributed by atoms with van der Waals surface area (Å²) in [6.45, 7) is 5.47. The third-order valence-electron chi connectivity index (χ3n) is 5.35. The number of nitrogens with two attached hydrogens (primary N) is 1. The van der Waals surface area contributed by atoms with Crippen molar-refractivity contribution in [1.29, 1.82) is 0 Å². The van der Waals surface area contributed by atoms with Crippen LogP contribution in [0.2, 0.25) is 0 Å². The predicted molar refractivity (Wildman–Crippen MR) is 116 cm³/mol. The van der Waals surface area contributed by atoms with Gasteiger partial charge >= 0.3 is 0 Å². The number of nitrogens with one attached hydrogen (secondary N) is 2. The van der Waals surface area contributed by atoms with Gasteiger partial charge in [0.05, 0.1) is 39.6 Å². The fourth-order valence-electron chi connectivity index (χ4n) is 3.74. The first-order chi connectivity index (χ1) is 15.6. The molecule has 0 bridgehead atoms. The van der Waals surface area contributed by atoms with Crippen LogP contribution in [0.1, 0.15) is 34.3 Å². The molecule has 2 aliphatic heterocycles. The van der Waals surface area contributed by atoms with E-state index in [4.69, 9.17) is 19.9 Å². The number of rotatable bonds is 14. The fourth-order valence-corrected chi connectivity index (χ4v) is 3.74. The van der Waals surface area contributed by atoms with E-state index < -0.39 is 11.9 Å². The fraction of sp³-hybridized carbons (Fsp3) is 0.591. The predicted octanol–water partition coefficient (Wildman–Crippen LogP) is -0.454. The average molecular weight is 449 g/mol. The maximum Gasteiger partial charge on any atom is 0.255 e. The van der Waals surface area contributed by atoms with Gasteiger partial charge in [0.2, 0.25) is 11.8 Å². The van der Waals surface area contributed by atoms with E-state index in [1.54, 1.807) is 4.90 Å². The number of benzene rings is 1. The van der Waals surface area contributed by atoms with Crippen LogP contribution < -0.4 is 16.4 Å². The zero-order valence-corrected chi connectivity index (χ0v) is 18.3. The second-order valence-electron chi connectivity index (χ2n) is 7.69. The van der Waals surface area contributed by atoms with Gasteiger partial charge in [-0.1, -0.05) is 12.1 Å². The van der Waals surface area contributed by atoms with Gasteiger partial charge in [-0.2, -0.15) is 0 Å². The Morgan fingerprint density at radius 3 is 2.47 bits per heavy atom. The van der Waals surface area contributed by atoms with Gasteiger partial charge in [0.25, 0.3) is 5.91 Å². The highest BCUT2D eigenvalue weighted by Crippen LogP contribution is 2.28. The quantitative estimate of drug-likeness (QED) is 0.257. The molecule has 32 heavy (non-hydrogen) atoms. The third-order valence-corrected chi connectivity index (χ3v) is 5.35. The first kappa shape index (κ1) is 24.3. The Balaban J connectivity index is 1.32. The standard InChI is InChI=1S/C22H32N4O6/c23-5-7-30-9-11-32-12-10-31-8-6-24-14-16-1-2-18-17(13-16)15-26(22(18)29)19-3-4-20(27)25-21(19)28/h1-2,13,19,24H,3-12,14-15,23H2,(H,25,27,28). The molecule has 3 rings (SSSR count). The molecule has 1 aromatic carbocycles. The lowest BCUT2D eigenvalue weighted by molar-refractivity contribution is -0.136. The van der Waals surface area contributed by atoms with Crippen LogP contribution in [0.5, 0.6) is 0 Å². The van der Waals surface area contributed by atoms with Gasteiger partial charge in [-0.05, 0) is 23.6 Å². The maximum atomic E-state index is 12.7. The van der Waals surface area contributed by atoms with Gasteiger partial charge in [0.1, 0.15) is 6.04 Å². The van der Waals surface area contributed by atoms with Gasteiger partial charge in [0.15, 0.2) is 0 Å². The molecule has 0 saturated carbocycles. The summed E-state index contributed by atoms with van der Waals surface area (Å²) in [4.78, 5) is 37.8. The van der Waals surface area contributed by atoms with Crippen molar-refractivity contribution in [2.24, 2.45) is 5.73 Å². The largest absolute Gasteiger partial charge is 0.378 e. The normalized spacial score (nSPS) is 18.2. The lowest BCUT2D eigenvalue weighted by Crippen LogP contribution is -2.52. The van der Waals surface area contributed by atoms with E-state index in [0.717, 1.165) is 11.1 Å². The molecule has 176 valence electrons. The van der Waals surface area contributed by atoms with Crippen LogP contribution in [0, 0.1) is 0 Å². The number of nitrogens with zero attached hydrogens (tertiary/aromatic N) is 1. The first-order valence-corrected chi connectivity index (χ1v) is 11.0. The van der Waals surface area contributed by atoms with Crippen molar-refractivity contribution < 1.29 is 28.6 Å². The summed E-state index contributed by atoms with van der Waals surface area (Å²) in [7, 11) is 0. The van der Waals surface area contributed by atoms with Crippen LogP contribution in [-0.2, 0) is 36.9 Å². The maximum absolute atomic E-state index is 12.7. The summed E-state index contributed by atoms with van der Waals surface area (Å²) < 4.78 is 16.1. The highest BCUT2D eigenvalue weighted by Gasteiger charge is 2.38. The molecular weight excluding hydrogens is 416 g/mol.